The van der Waals surface area contributed by atoms with Gasteiger partial charge < -0.3 is 14.6 Å². The summed E-state index contributed by atoms with van der Waals surface area (Å²) in [7, 11) is 0. The van der Waals surface area contributed by atoms with Crippen LogP contribution in [0.2, 0.25) is 0 Å². The predicted octanol–water partition coefficient (Wildman–Crippen LogP) is 10.6. The van der Waals surface area contributed by atoms with Crippen molar-refractivity contribution >= 4 is 5.97 Å². The Morgan fingerprint density at radius 1 is 0.550 bits per heavy atom. The second-order valence-corrected chi connectivity index (χ2v) is 10.7. The van der Waals surface area contributed by atoms with Crippen LogP contribution in [0.1, 0.15) is 108 Å². The predicted molar refractivity (Wildman–Crippen MR) is 167 cm³/mol. The molecule has 40 heavy (non-hydrogen) atoms. The fourth-order valence-corrected chi connectivity index (χ4v) is 4.95. The average molecular weight is 545 g/mol. The van der Waals surface area contributed by atoms with Crippen molar-refractivity contribution in [2.24, 2.45) is 0 Å². The molecule has 4 heteroatoms. The lowest BCUT2D eigenvalue weighted by Gasteiger charge is -2.13. The van der Waals surface area contributed by atoms with Gasteiger partial charge in [0.1, 0.15) is 11.5 Å². The highest BCUT2D eigenvalue weighted by Gasteiger charge is 2.13. The van der Waals surface area contributed by atoms with Gasteiger partial charge in [0.05, 0.1) is 18.8 Å². The lowest BCUT2D eigenvalue weighted by molar-refractivity contribution is 0.0697. The maximum absolute atomic E-state index is 11.7. The number of hydrogen-bond acceptors (Lipinski definition) is 3. The Bertz CT molecular complexity index is 1120. The fourth-order valence-electron chi connectivity index (χ4n) is 4.95. The Labute approximate surface area is 241 Å². The van der Waals surface area contributed by atoms with E-state index in [4.69, 9.17) is 9.47 Å². The van der Waals surface area contributed by atoms with Crippen molar-refractivity contribution in [3.8, 4) is 33.8 Å². The summed E-state index contributed by atoms with van der Waals surface area (Å²) in [6.45, 7) is 5.94. The minimum Gasteiger partial charge on any atom is -0.494 e. The molecule has 0 heterocycles. The van der Waals surface area contributed by atoms with Crippen LogP contribution in [0.15, 0.2) is 66.7 Å². The molecule has 0 unspecified atom stereocenters. The summed E-state index contributed by atoms with van der Waals surface area (Å²) < 4.78 is 11.9. The summed E-state index contributed by atoms with van der Waals surface area (Å²) in [6, 6.07) is 21.4. The van der Waals surface area contributed by atoms with Gasteiger partial charge in [0.2, 0.25) is 0 Å². The molecule has 3 aromatic carbocycles. The first-order valence-electron chi connectivity index (χ1n) is 15.5. The number of rotatable bonds is 20. The van der Waals surface area contributed by atoms with E-state index in [-0.39, 0.29) is 5.56 Å². The minimum atomic E-state index is -0.930. The van der Waals surface area contributed by atoms with Crippen molar-refractivity contribution in [1.82, 2.24) is 0 Å². The summed E-state index contributed by atoms with van der Waals surface area (Å²) in [4.78, 5) is 11.7. The van der Waals surface area contributed by atoms with Crippen molar-refractivity contribution in [3.05, 3.63) is 72.3 Å². The van der Waals surface area contributed by atoms with Crippen molar-refractivity contribution in [3.63, 3.8) is 0 Å². The molecule has 0 atom stereocenters. The van der Waals surface area contributed by atoms with Gasteiger partial charge in [-0.3, -0.25) is 0 Å². The van der Waals surface area contributed by atoms with Crippen molar-refractivity contribution < 1.29 is 19.4 Å². The zero-order chi connectivity index (χ0) is 28.4. The standard InChI is InChI=1S/C36H48O4/c1-3-5-7-9-11-13-15-27-40-33-23-18-30(19-24-33)35-28-31(36(37)38)20-25-34(35)29-16-21-32(22-17-29)39-26-14-12-10-8-6-4-2/h16-25,28H,3-15,26-27H2,1-2H3,(H,37,38). The third kappa shape index (κ3) is 10.7. The second-order valence-electron chi connectivity index (χ2n) is 10.7. The SMILES string of the molecule is CCCCCCCCCOc1ccc(-c2cc(C(=O)O)ccc2-c2ccc(OCCCCCCCC)cc2)cc1. The van der Waals surface area contributed by atoms with E-state index in [1.54, 1.807) is 12.1 Å². The van der Waals surface area contributed by atoms with E-state index in [0.29, 0.717) is 0 Å². The Morgan fingerprint density at radius 3 is 1.43 bits per heavy atom. The monoisotopic (exact) mass is 544 g/mol. The molecule has 216 valence electrons. The van der Waals surface area contributed by atoms with Crippen LogP contribution in [-0.2, 0) is 0 Å². The highest BCUT2D eigenvalue weighted by atomic mass is 16.5. The van der Waals surface area contributed by atoms with E-state index < -0.39 is 5.97 Å². The van der Waals surface area contributed by atoms with Crippen LogP contribution in [0.5, 0.6) is 11.5 Å². The van der Waals surface area contributed by atoms with Crippen LogP contribution < -0.4 is 9.47 Å². The fraction of sp³-hybridized carbons (Fsp3) is 0.472. The number of carboxylic acid groups (broad SMARTS) is 1. The molecule has 0 saturated carbocycles. The van der Waals surface area contributed by atoms with E-state index >= 15 is 0 Å². The molecule has 3 rings (SSSR count). The molecule has 0 aliphatic heterocycles. The smallest absolute Gasteiger partial charge is 0.335 e. The first-order chi connectivity index (χ1) is 19.6. The molecule has 0 spiro atoms. The van der Waals surface area contributed by atoms with Gasteiger partial charge in [-0.05, 0) is 71.5 Å². The van der Waals surface area contributed by atoms with E-state index in [0.717, 1.165) is 59.8 Å². The van der Waals surface area contributed by atoms with Crippen LogP contribution in [0, 0.1) is 0 Å². The van der Waals surface area contributed by atoms with Crippen molar-refractivity contribution in [1.29, 1.82) is 0 Å². The molecule has 0 aromatic heterocycles. The van der Waals surface area contributed by atoms with Gasteiger partial charge in [-0.15, -0.1) is 0 Å². The molecule has 1 N–H and O–H groups in total. The van der Waals surface area contributed by atoms with E-state index in [9.17, 15) is 9.90 Å². The number of carbonyl (C=O) groups is 1. The van der Waals surface area contributed by atoms with Crippen LogP contribution in [-0.4, -0.2) is 24.3 Å². The third-order valence-electron chi connectivity index (χ3n) is 7.38. The topological polar surface area (TPSA) is 55.8 Å². The molecule has 4 nitrogen and oxygen atoms in total. The number of hydrogen-bond donors (Lipinski definition) is 1. The van der Waals surface area contributed by atoms with Crippen LogP contribution >= 0.6 is 0 Å². The van der Waals surface area contributed by atoms with Crippen LogP contribution in [0.4, 0.5) is 0 Å². The minimum absolute atomic E-state index is 0.275. The zero-order valence-electron chi connectivity index (χ0n) is 24.6. The molecular weight excluding hydrogens is 496 g/mol. The number of unbranched alkanes of at least 4 members (excludes halogenated alkanes) is 11. The molecule has 0 fully saturated rings. The highest BCUT2D eigenvalue weighted by Crippen LogP contribution is 2.35. The normalized spacial score (nSPS) is 10.9. The van der Waals surface area contributed by atoms with Gasteiger partial charge in [-0.25, -0.2) is 4.79 Å². The quantitative estimate of drug-likeness (QED) is 0.144. The molecule has 3 aromatic rings. The summed E-state index contributed by atoms with van der Waals surface area (Å²) in [6.07, 6.45) is 16.3. The average Bonchev–Trinajstić information content (AvgIpc) is 2.98. The molecule has 0 aliphatic rings. The van der Waals surface area contributed by atoms with Gasteiger partial charge in [0.15, 0.2) is 0 Å². The lowest BCUT2D eigenvalue weighted by Crippen LogP contribution is -1.99. The number of aromatic carboxylic acids is 1. The first kappa shape index (κ1) is 31.3. The van der Waals surface area contributed by atoms with Crippen LogP contribution in [0.3, 0.4) is 0 Å². The first-order valence-corrected chi connectivity index (χ1v) is 15.5. The maximum atomic E-state index is 11.7. The van der Waals surface area contributed by atoms with Crippen LogP contribution in [0.25, 0.3) is 22.3 Å². The van der Waals surface area contributed by atoms with Crippen molar-refractivity contribution in [2.45, 2.75) is 97.3 Å². The van der Waals surface area contributed by atoms with E-state index in [1.807, 2.05) is 42.5 Å². The van der Waals surface area contributed by atoms with E-state index in [2.05, 4.69) is 26.0 Å². The largest absolute Gasteiger partial charge is 0.494 e. The molecule has 0 saturated heterocycles. The third-order valence-corrected chi connectivity index (χ3v) is 7.38. The van der Waals surface area contributed by atoms with Gasteiger partial charge >= 0.3 is 5.97 Å². The maximum Gasteiger partial charge on any atom is 0.335 e. The molecule has 0 radical (unpaired) electrons. The molecule has 0 amide bonds. The van der Waals surface area contributed by atoms with Crippen molar-refractivity contribution in [2.75, 3.05) is 13.2 Å². The summed E-state index contributed by atoms with van der Waals surface area (Å²) in [5, 5.41) is 9.63. The summed E-state index contributed by atoms with van der Waals surface area (Å²) in [5.41, 5.74) is 4.14. The number of carboxylic acids is 1. The number of ether oxygens (including phenoxy) is 2. The van der Waals surface area contributed by atoms with Gasteiger partial charge in [0.25, 0.3) is 0 Å². The van der Waals surface area contributed by atoms with Gasteiger partial charge in [-0.1, -0.05) is 115 Å². The summed E-state index contributed by atoms with van der Waals surface area (Å²) >= 11 is 0. The number of benzene rings is 3. The highest BCUT2D eigenvalue weighted by molar-refractivity contribution is 5.93. The second kappa shape index (κ2) is 18.1. The zero-order valence-corrected chi connectivity index (χ0v) is 24.6. The summed E-state index contributed by atoms with van der Waals surface area (Å²) in [5.74, 6) is 0.780. The Kier molecular flexibility index (Phi) is 14.2. The van der Waals surface area contributed by atoms with Gasteiger partial charge in [0, 0.05) is 0 Å². The van der Waals surface area contributed by atoms with Gasteiger partial charge in [-0.2, -0.15) is 0 Å². The Morgan fingerprint density at radius 2 is 0.975 bits per heavy atom. The Balaban J connectivity index is 1.60. The van der Waals surface area contributed by atoms with E-state index in [1.165, 1.54) is 70.6 Å². The Hall–Kier alpha value is -3.27. The lowest BCUT2D eigenvalue weighted by atomic mass is 9.92. The molecule has 0 aliphatic carbocycles. The molecule has 0 bridgehead atoms. The molecular formula is C36H48O4.